The SMILES string of the molecule is CC(C)(C)N1P(C2=C(N([Si]Cl)c3ccccc3)C3CCC2C3)N(C(C)(C)C)[Si]1(C)C. The summed E-state index contributed by atoms with van der Waals surface area (Å²) in [5.74, 6) is 1.41. The first-order valence-corrected chi connectivity index (χ1v) is 17.3. The van der Waals surface area contributed by atoms with E-state index in [1.165, 1.54) is 24.9 Å². The summed E-state index contributed by atoms with van der Waals surface area (Å²) in [6, 6.07) is 10.8. The second-order valence-corrected chi connectivity index (χ2v) is 19.1. The summed E-state index contributed by atoms with van der Waals surface area (Å²) in [4.78, 5) is 0. The summed E-state index contributed by atoms with van der Waals surface area (Å²) in [6.45, 7) is 19.6. The van der Waals surface area contributed by atoms with Crippen molar-refractivity contribution in [3.63, 3.8) is 0 Å². The number of hydrogen-bond donors (Lipinski definition) is 0. The van der Waals surface area contributed by atoms with E-state index >= 15 is 0 Å². The van der Waals surface area contributed by atoms with Crippen molar-refractivity contribution in [2.45, 2.75) is 85.0 Å². The van der Waals surface area contributed by atoms with Crippen LogP contribution in [0.15, 0.2) is 41.3 Å². The van der Waals surface area contributed by atoms with Crippen molar-refractivity contribution in [1.82, 2.24) is 8.67 Å². The highest BCUT2D eigenvalue weighted by atomic mass is 35.6. The van der Waals surface area contributed by atoms with Crippen LogP contribution in [-0.2, 0) is 0 Å². The summed E-state index contributed by atoms with van der Waals surface area (Å²) < 4.78 is 8.37. The Balaban J connectivity index is 1.87. The largest absolute Gasteiger partial charge is 0.358 e. The van der Waals surface area contributed by atoms with Crippen LogP contribution in [0, 0.1) is 11.8 Å². The van der Waals surface area contributed by atoms with Crippen molar-refractivity contribution in [2.24, 2.45) is 11.8 Å². The molecule has 1 aromatic carbocycles. The van der Waals surface area contributed by atoms with Crippen LogP contribution >= 0.6 is 19.3 Å². The topological polar surface area (TPSA) is 9.72 Å². The molecule has 1 heterocycles. The van der Waals surface area contributed by atoms with Gasteiger partial charge in [0.15, 0.2) is 0 Å². The predicted octanol–water partition coefficient (Wildman–Crippen LogP) is 7.14. The molecule has 0 aromatic heterocycles. The number of halogens is 1. The van der Waals surface area contributed by atoms with Gasteiger partial charge in [-0.1, -0.05) is 18.2 Å². The van der Waals surface area contributed by atoms with E-state index in [0.29, 0.717) is 5.92 Å². The van der Waals surface area contributed by atoms with Gasteiger partial charge in [-0.25, -0.2) is 0 Å². The van der Waals surface area contributed by atoms with E-state index in [1.54, 1.807) is 11.0 Å². The molecule has 3 aliphatic rings. The number of hydrogen-bond acceptors (Lipinski definition) is 3. The maximum Gasteiger partial charge on any atom is 0.315 e. The molecule has 2 fully saturated rings. The Kier molecular flexibility index (Phi) is 5.91. The van der Waals surface area contributed by atoms with Crippen LogP contribution in [0.1, 0.15) is 60.8 Å². The Labute approximate surface area is 193 Å². The van der Waals surface area contributed by atoms with Crippen LogP contribution in [-0.4, -0.2) is 37.1 Å². The Morgan fingerprint density at radius 3 is 2.00 bits per heavy atom. The molecule has 0 amide bonds. The summed E-state index contributed by atoms with van der Waals surface area (Å²) in [7, 11) is -1.89. The molecule has 1 saturated carbocycles. The Morgan fingerprint density at radius 2 is 1.50 bits per heavy atom. The highest BCUT2D eigenvalue weighted by Crippen LogP contribution is 2.75. The minimum Gasteiger partial charge on any atom is -0.358 e. The molecule has 4 rings (SSSR count). The van der Waals surface area contributed by atoms with Crippen LogP contribution < -0.4 is 4.57 Å². The van der Waals surface area contributed by atoms with Gasteiger partial charge in [0, 0.05) is 27.8 Å². The van der Waals surface area contributed by atoms with Gasteiger partial charge in [0.1, 0.15) is 0 Å². The molecule has 2 atom stereocenters. The van der Waals surface area contributed by atoms with Gasteiger partial charge in [0.2, 0.25) is 8.40 Å². The van der Waals surface area contributed by atoms with Crippen molar-refractivity contribution in [3.05, 3.63) is 41.3 Å². The molecular formula is C23H37ClN3PSi2. The fraction of sp³-hybridized carbons (Fsp3) is 0.652. The predicted molar refractivity (Wildman–Crippen MR) is 136 cm³/mol. The first-order chi connectivity index (χ1) is 13.9. The quantitative estimate of drug-likeness (QED) is 0.259. The molecule has 30 heavy (non-hydrogen) atoms. The number of rotatable bonds is 4. The number of anilines is 1. The second-order valence-electron chi connectivity index (χ2n) is 11.5. The zero-order chi connectivity index (χ0) is 22.1. The van der Waals surface area contributed by atoms with Crippen LogP contribution in [0.5, 0.6) is 0 Å². The number of nitrogens with zero attached hydrogens (tertiary/aromatic N) is 3. The average Bonchev–Trinajstić information content (AvgIpc) is 3.20. The lowest BCUT2D eigenvalue weighted by Crippen LogP contribution is -2.77. The number of benzene rings is 1. The molecule has 2 radical (unpaired) electrons. The van der Waals surface area contributed by atoms with Crippen LogP contribution in [0.25, 0.3) is 0 Å². The molecule has 1 saturated heterocycles. The van der Waals surface area contributed by atoms with E-state index in [2.05, 4.69) is 98.2 Å². The summed E-state index contributed by atoms with van der Waals surface area (Å²) >= 11 is 6.67. The minimum atomic E-state index is -1.68. The lowest BCUT2D eigenvalue weighted by Gasteiger charge is -2.71. The maximum atomic E-state index is 6.67. The monoisotopic (exact) mass is 477 g/mol. The standard InChI is InChI=1S/C23H37ClN3PSi2/c1-22(2,3)26-28(27(23(4,5)6)30(26,7)8)21-18-15-14-17(16-18)20(21)25(29-24)19-12-10-9-11-13-19/h9-13,17-18H,14-16H2,1-8H3. The van der Waals surface area contributed by atoms with Crippen molar-refractivity contribution >= 4 is 42.4 Å². The van der Waals surface area contributed by atoms with Crippen LogP contribution in [0.2, 0.25) is 13.1 Å². The zero-order valence-corrected chi connectivity index (χ0v) is 23.5. The Bertz CT molecular complexity index is 807. The zero-order valence-electron chi connectivity index (χ0n) is 19.8. The van der Waals surface area contributed by atoms with Gasteiger partial charge in [-0.3, -0.25) is 8.67 Å². The highest BCUT2D eigenvalue weighted by molar-refractivity contribution is 7.66. The van der Waals surface area contributed by atoms with Gasteiger partial charge >= 0.3 is 8.99 Å². The highest BCUT2D eigenvalue weighted by Gasteiger charge is 2.65. The van der Waals surface area contributed by atoms with Crippen molar-refractivity contribution in [2.75, 3.05) is 4.57 Å². The third kappa shape index (κ3) is 3.58. The van der Waals surface area contributed by atoms with E-state index in [4.69, 9.17) is 11.1 Å². The van der Waals surface area contributed by atoms with Crippen LogP contribution in [0.4, 0.5) is 5.69 Å². The molecule has 1 aliphatic heterocycles. The molecule has 7 heteroatoms. The van der Waals surface area contributed by atoms with Crippen molar-refractivity contribution < 1.29 is 0 Å². The summed E-state index contributed by atoms with van der Waals surface area (Å²) in [5.41, 5.74) is 3.20. The van der Waals surface area contributed by atoms with Gasteiger partial charge in [0.05, 0.1) is 8.22 Å². The molecule has 164 valence electrons. The molecule has 2 aliphatic carbocycles. The normalized spacial score (nSPS) is 27.6. The average molecular weight is 478 g/mol. The van der Waals surface area contributed by atoms with E-state index in [0.717, 1.165) is 5.92 Å². The van der Waals surface area contributed by atoms with Gasteiger partial charge < -0.3 is 4.57 Å². The molecule has 1 aromatic rings. The Morgan fingerprint density at radius 1 is 0.967 bits per heavy atom. The fourth-order valence-corrected chi connectivity index (χ4v) is 18.7. The van der Waals surface area contributed by atoms with Crippen molar-refractivity contribution in [3.8, 4) is 0 Å². The number of para-hydroxylation sites is 1. The third-order valence-electron chi connectivity index (χ3n) is 6.71. The Hall–Kier alpha value is -0.166. The van der Waals surface area contributed by atoms with E-state index in [9.17, 15) is 0 Å². The summed E-state index contributed by atoms with van der Waals surface area (Å²) in [6.07, 6.45) is 4.00. The molecule has 2 bridgehead atoms. The molecule has 3 nitrogen and oxygen atoms in total. The first-order valence-electron chi connectivity index (χ1n) is 11.2. The van der Waals surface area contributed by atoms with Gasteiger partial charge in [0.25, 0.3) is 0 Å². The van der Waals surface area contributed by atoms with E-state index in [-0.39, 0.29) is 20.1 Å². The molecular weight excluding hydrogens is 441 g/mol. The number of allylic oxidation sites excluding steroid dienone is 2. The van der Waals surface area contributed by atoms with Gasteiger partial charge in [-0.15, -0.1) is 11.1 Å². The van der Waals surface area contributed by atoms with Gasteiger partial charge in [-0.05, 0) is 97.9 Å². The van der Waals surface area contributed by atoms with Gasteiger partial charge in [-0.2, -0.15) is 0 Å². The lowest BCUT2D eigenvalue weighted by atomic mass is 10.0. The molecule has 0 spiro atoms. The summed E-state index contributed by atoms with van der Waals surface area (Å²) in [5, 5.41) is 1.75. The van der Waals surface area contributed by atoms with E-state index < -0.39 is 16.6 Å². The van der Waals surface area contributed by atoms with Crippen molar-refractivity contribution in [1.29, 1.82) is 0 Å². The first kappa shape index (κ1) is 23.0. The second kappa shape index (κ2) is 7.71. The minimum absolute atomic E-state index is 0.184. The van der Waals surface area contributed by atoms with Crippen LogP contribution in [0.3, 0.4) is 0 Å². The smallest absolute Gasteiger partial charge is 0.315 e. The molecule has 0 N–H and O–H groups in total. The maximum absolute atomic E-state index is 6.67. The lowest BCUT2D eigenvalue weighted by molar-refractivity contribution is 0.240. The molecule has 2 unspecified atom stereocenters. The third-order valence-corrected chi connectivity index (χ3v) is 18.4. The fourth-order valence-electron chi connectivity index (χ4n) is 6.30. The number of fused-ring (bicyclic) bond motifs is 2. The van der Waals surface area contributed by atoms with E-state index in [1.807, 2.05) is 0 Å².